The lowest BCUT2D eigenvalue weighted by Crippen LogP contribution is -2.51. The van der Waals surface area contributed by atoms with Crippen molar-refractivity contribution in [3.05, 3.63) is 59.7 Å². The summed E-state index contributed by atoms with van der Waals surface area (Å²) in [5.41, 5.74) is 0.952. The van der Waals surface area contributed by atoms with Crippen LogP contribution in [0.1, 0.15) is 24.8 Å². The lowest BCUT2D eigenvalue weighted by molar-refractivity contribution is 0.159. The van der Waals surface area contributed by atoms with Crippen molar-refractivity contribution in [1.29, 1.82) is 0 Å². The number of amides is 2. The van der Waals surface area contributed by atoms with E-state index in [0.29, 0.717) is 24.0 Å². The number of urea groups is 1. The SMILES string of the molecule is CN(C)C(=O)N1C[C@H](F)[C@H](NS(=O)(=O)C2CC2)[C@@H]1CCc1cccc(-c2cccc(F)c2)c1F. The number of alkyl halides is 1. The largest absolute Gasteiger partial charge is 0.331 e. The molecule has 3 atom stereocenters. The van der Waals surface area contributed by atoms with Gasteiger partial charge in [0.15, 0.2) is 0 Å². The Morgan fingerprint density at radius 3 is 2.50 bits per heavy atom. The number of rotatable bonds is 7. The standard InChI is InChI=1S/C24H28F3N3O3S/c1-29(2)24(31)30-14-20(26)23(28-34(32,33)18-10-11-18)21(30)12-9-15-5-4-8-19(22(15)27)16-6-3-7-17(25)13-16/h3-8,13,18,20-21,23,28H,9-12,14H2,1-2H3/t20-,21-,23-/m0/s1. The van der Waals surface area contributed by atoms with E-state index in [2.05, 4.69) is 4.72 Å². The number of nitrogens with zero attached hydrogens (tertiary/aromatic N) is 2. The molecule has 1 aliphatic heterocycles. The van der Waals surface area contributed by atoms with Gasteiger partial charge in [-0.3, -0.25) is 0 Å². The van der Waals surface area contributed by atoms with Gasteiger partial charge >= 0.3 is 6.03 Å². The molecule has 184 valence electrons. The average molecular weight is 496 g/mol. The number of benzene rings is 2. The molecule has 0 aromatic heterocycles. The van der Waals surface area contributed by atoms with Crippen LogP contribution in [0.3, 0.4) is 0 Å². The molecular weight excluding hydrogens is 467 g/mol. The molecule has 10 heteroatoms. The Balaban J connectivity index is 1.59. The third kappa shape index (κ3) is 5.07. The van der Waals surface area contributed by atoms with Gasteiger partial charge in [-0.05, 0) is 48.9 Å². The molecule has 0 spiro atoms. The summed E-state index contributed by atoms with van der Waals surface area (Å²) in [5, 5.41) is -0.528. The molecule has 1 saturated heterocycles. The van der Waals surface area contributed by atoms with Crippen LogP contribution >= 0.6 is 0 Å². The number of sulfonamides is 1. The molecule has 0 bridgehead atoms. The molecule has 2 aromatic carbocycles. The minimum absolute atomic E-state index is 0.144. The van der Waals surface area contributed by atoms with E-state index in [4.69, 9.17) is 0 Å². The lowest BCUT2D eigenvalue weighted by atomic mass is 9.96. The van der Waals surface area contributed by atoms with Gasteiger partial charge in [-0.2, -0.15) is 0 Å². The number of carbonyl (C=O) groups excluding carboxylic acids is 1. The summed E-state index contributed by atoms with van der Waals surface area (Å²) in [6.07, 6.45) is -0.220. The minimum atomic E-state index is -3.69. The Morgan fingerprint density at radius 1 is 1.15 bits per heavy atom. The highest BCUT2D eigenvalue weighted by atomic mass is 32.2. The maximum absolute atomic E-state index is 15.3. The second-order valence-electron chi connectivity index (χ2n) is 9.13. The number of aryl methyl sites for hydroxylation is 1. The molecule has 2 aromatic rings. The van der Waals surface area contributed by atoms with Gasteiger partial charge in [0.2, 0.25) is 10.0 Å². The van der Waals surface area contributed by atoms with E-state index in [1.54, 1.807) is 24.3 Å². The third-order valence-corrected chi connectivity index (χ3v) is 8.34. The number of carbonyl (C=O) groups is 1. The maximum Gasteiger partial charge on any atom is 0.319 e. The van der Waals surface area contributed by atoms with E-state index >= 15 is 8.78 Å². The Labute approximate surface area is 197 Å². The van der Waals surface area contributed by atoms with Crippen LogP contribution in [0.5, 0.6) is 0 Å². The summed E-state index contributed by atoms with van der Waals surface area (Å²) in [5.74, 6) is -1.01. The van der Waals surface area contributed by atoms with Crippen molar-refractivity contribution in [2.45, 2.75) is 49.2 Å². The molecule has 4 rings (SSSR count). The highest BCUT2D eigenvalue weighted by Crippen LogP contribution is 2.32. The predicted molar refractivity (Wildman–Crippen MR) is 123 cm³/mol. The van der Waals surface area contributed by atoms with Crippen LogP contribution in [0.25, 0.3) is 11.1 Å². The molecule has 2 aliphatic rings. The lowest BCUT2D eigenvalue weighted by Gasteiger charge is -2.30. The number of hydrogen-bond acceptors (Lipinski definition) is 3. The van der Waals surface area contributed by atoms with Gasteiger partial charge in [0.1, 0.15) is 17.8 Å². The smallest absolute Gasteiger partial charge is 0.319 e. The first-order valence-corrected chi connectivity index (χ1v) is 12.8. The van der Waals surface area contributed by atoms with Gasteiger partial charge in [-0.25, -0.2) is 31.1 Å². The zero-order chi connectivity index (χ0) is 24.6. The summed E-state index contributed by atoms with van der Waals surface area (Å²) < 4.78 is 71.5. The summed E-state index contributed by atoms with van der Waals surface area (Å²) >= 11 is 0. The van der Waals surface area contributed by atoms with Gasteiger partial charge in [0.25, 0.3) is 0 Å². The van der Waals surface area contributed by atoms with Gasteiger partial charge in [-0.1, -0.05) is 30.3 Å². The quantitative estimate of drug-likeness (QED) is 0.637. The first-order chi connectivity index (χ1) is 16.1. The van der Waals surface area contributed by atoms with E-state index in [1.807, 2.05) is 0 Å². The van der Waals surface area contributed by atoms with Crippen LogP contribution < -0.4 is 4.72 Å². The Morgan fingerprint density at radius 2 is 1.85 bits per heavy atom. The van der Waals surface area contributed by atoms with E-state index in [1.165, 1.54) is 42.1 Å². The minimum Gasteiger partial charge on any atom is -0.331 e. The zero-order valence-corrected chi connectivity index (χ0v) is 19.9. The average Bonchev–Trinajstić information content (AvgIpc) is 3.60. The molecule has 1 N–H and O–H groups in total. The predicted octanol–water partition coefficient (Wildman–Crippen LogP) is 3.72. The van der Waals surface area contributed by atoms with Gasteiger partial charge < -0.3 is 9.80 Å². The van der Waals surface area contributed by atoms with Gasteiger partial charge in [-0.15, -0.1) is 0 Å². The Kier molecular flexibility index (Phi) is 6.91. The number of likely N-dealkylation sites (tertiary alicyclic amines) is 1. The normalized spacial score (nSPS) is 22.7. The number of hydrogen-bond donors (Lipinski definition) is 1. The fourth-order valence-electron chi connectivity index (χ4n) is 4.46. The van der Waals surface area contributed by atoms with Crippen molar-refractivity contribution in [3.8, 4) is 11.1 Å². The topological polar surface area (TPSA) is 69.7 Å². The van der Waals surface area contributed by atoms with Gasteiger partial charge in [0, 0.05) is 19.7 Å². The fourth-order valence-corrected chi connectivity index (χ4v) is 6.09. The van der Waals surface area contributed by atoms with Crippen LogP contribution in [-0.2, 0) is 16.4 Å². The van der Waals surface area contributed by atoms with Crippen molar-refractivity contribution in [3.63, 3.8) is 0 Å². The summed E-state index contributed by atoms with van der Waals surface area (Å²) in [6.45, 7) is -0.245. The van der Waals surface area contributed by atoms with E-state index in [9.17, 15) is 17.6 Å². The first-order valence-electron chi connectivity index (χ1n) is 11.2. The molecule has 34 heavy (non-hydrogen) atoms. The highest BCUT2D eigenvalue weighted by Gasteiger charge is 2.48. The monoisotopic (exact) mass is 495 g/mol. The molecule has 2 fully saturated rings. The molecule has 0 radical (unpaired) electrons. The summed E-state index contributed by atoms with van der Waals surface area (Å²) in [6, 6.07) is 8.09. The molecule has 1 saturated carbocycles. The summed E-state index contributed by atoms with van der Waals surface area (Å²) in [4.78, 5) is 15.3. The fraction of sp³-hybridized carbons (Fsp3) is 0.458. The Bertz CT molecular complexity index is 1170. The van der Waals surface area contributed by atoms with Crippen molar-refractivity contribution in [2.24, 2.45) is 0 Å². The van der Waals surface area contributed by atoms with Crippen LogP contribution in [-0.4, -0.2) is 68.4 Å². The first kappa shape index (κ1) is 24.5. The number of halogens is 3. The second-order valence-corrected chi connectivity index (χ2v) is 11.1. The van der Waals surface area contributed by atoms with Crippen LogP contribution in [0, 0.1) is 11.6 Å². The van der Waals surface area contributed by atoms with Crippen molar-refractivity contribution < 1.29 is 26.4 Å². The molecule has 2 amide bonds. The molecule has 6 nitrogen and oxygen atoms in total. The van der Waals surface area contributed by atoms with Crippen LogP contribution in [0.15, 0.2) is 42.5 Å². The second kappa shape index (κ2) is 9.58. The highest BCUT2D eigenvalue weighted by molar-refractivity contribution is 7.90. The third-order valence-electron chi connectivity index (χ3n) is 6.39. The van der Waals surface area contributed by atoms with E-state index < -0.39 is 51.2 Å². The van der Waals surface area contributed by atoms with E-state index in [-0.39, 0.29) is 24.9 Å². The molecule has 1 aliphatic carbocycles. The number of nitrogens with one attached hydrogen (secondary N) is 1. The van der Waals surface area contributed by atoms with E-state index in [0.717, 1.165) is 0 Å². The van der Waals surface area contributed by atoms with Crippen LogP contribution in [0.4, 0.5) is 18.0 Å². The van der Waals surface area contributed by atoms with Crippen molar-refractivity contribution >= 4 is 16.1 Å². The summed E-state index contributed by atoms with van der Waals surface area (Å²) in [7, 11) is -0.619. The maximum atomic E-state index is 15.3. The molecule has 1 heterocycles. The van der Waals surface area contributed by atoms with Gasteiger partial charge in [0.05, 0.1) is 23.9 Å². The van der Waals surface area contributed by atoms with Crippen molar-refractivity contribution in [1.82, 2.24) is 14.5 Å². The van der Waals surface area contributed by atoms with Crippen LogP contribution in [0.2, 0.25) is 0 Å². The van der Waals surface area contributed by atoms with Crippen molar-refractivity contribution in [2.75, 3.05) is 20.6 Å². The molecular formula is C24H28F3N3O3S. The zero-order valence-electron chi connectivity index (χ0n) is 19.0. The Hall–Kier alpha value is -2.59. The molecule has 0 unspecified atom stereocenters.